The number of rotatable bonds is 13. The third-order valence-electron chi connectivity index (χ3n) is 5.52. The summed E-state index contributed by atoms with van der Waals surface area (Å²) < 4.78 is 51.2. The largest absolute Gasteiger partial charge is 0.508 e. The minimum Gasteiger partial charge on any atom is -0.508 e. The van der Waals surface area contributed by atoms with Gasteiger partial charge in [0.15, 0.2) is 0 Å². The fourth-order valence-electron chi connectivity index (χ4n) is 3.79. The monoisotopic (exact) mass is 540 g/mol. The van der Waals surface area contributed by atoms with Gasteiger partial charge < -0.3 is 15.5 Å². The van der Waals surface area contributed by atoms with Gasteiger partial charge in [-0.3, -0.25) is 4.79 Å². The van der Waals surface area contributed by atoms with Crippen molar-refractivity contribution in [2.75, 3.05) is 25.1 Å². The second-order valence-electron chi connectivity index (χ2n) is 9.58. The molecule has 0 spiro atoms. The maximum atomic E-state index is 13.4. The van der Waals surface area contributed by atoms with Crippen molar-refractivity contribution in [1.82, 2.24) is 9.62 Å². The lowest BCUT2D eigenvalue weighted by Crippen LogP contribution is -2.52. The van der Waals surface area contributed by atoms with Crippen LogP contribution in [0.4, 0.5) is 0 Å². The minimum atomic E-state index is -4.01. The van der Waals surface area contributed by atoms with Crippen molar-refractivity contribution in [1.29, 1.82) is 0 Å². The van der Waals surface area contributed by atoms with Crippen molar-refractivity contribution in [3.05, 3.63) is 60.2 Å². The molecule has 1 amide bonds. The zero-order valence-corrected chi connectivity index (χ0v) is 22.7. The molecule has 0 heterocycles. The van der Waals surface area contributed by atoms with Crippen molar-refractivity contribution in [2.24, 2.45) is 11.8 Å². The molecule has 200 valence electrons. The average molecular weight is 541 g/mol. The molecule has 2 aromatic carbocycles. The van der Waals surface area contributed by atoms with Crippen LogP contribution >= 0.6 is 0 Å². The van der Waals surface area contributed by atoms with Crippen molar-refractivity contribution < 1.29 is 31.8 Å². The SMILES string of the molecule is CC(C)CN(C[C@@H](O)[C@H](Cc1ccccc1)NC(=O)[C@H](C)CS(C)(=O)=O)S(=O)(=O)c1ccc(O)cc1. The molecule has 0 bridgehead atoms. The van der Waals surface area contributed by atoms with Gasteiger partial charge in [0, 0.05) is 25.3 Å². The third kappa shape index (κ3) is 9.20. The van der Waals surface area contributed by atoms with Crippen LogP contribution in [0.5, 0.6) is 5.75 Å². The lowest BCUT2D eigenvalue weighted by atomic mass is 10.00. The number of phenolic OH excluding ortho intramolecular Hbond substituents is 1. The van der Waals surface area contributed by atoms with Crippen molar-refractivity contribution in [2.45, 2.75) is 44.2 Å². The molecule has 0 unspecified atom stereocenters. The molecule has 0 saturated carbocycles. The van der Waals surface area contributed by atoms with E-state index in [2.05, 4.69) is 5.32 Å². The fraction of sp³-hybridized carbons (Fsp3) is 0.480. The highest BCUT2D eigenvalue weighted by molar-refractivity contribution is 7.90. The summed E-state index contributed by atoms with van der Waals surface area (Å²) in [7, 11) is -7.41. The first-order chi connectivity index (χ1) is 16.7. The number of carbonyl (C=O) groups is 1. The highest BCUT2D eigenvalue weighted by Crippen LogP contribution is 2.21. The Bertz CT molecular complexity index is 1200. The lowest BCUT2D eigenvalue weighted by Gasteiger charge is -2.31. The van der Waals surface area contributed by atoms with Crippen LogP contribution in [-0.4, -0.2) is 74.5 Å². The highest BCUT2D eigenvalue weighted by atomic mass is 32.2. The van der Waals surface area contributed by atoms with Crippen LogP contribution < -0.4 is 5.32 Å². The number of aliphatic hydroxyl groups excluding tert-OH is 1. The number of phenols is 1. The van der Waals surface area contributed by atoms with Gasteiger partial charge in [0.25, 0.3) is 0 Å². The molecule has 2 aromatic rings. The second kappa shape index (κ2) is 12.7. The summed E-state index contributed by atoms with van der Waals surface area (Å²) in [6.45, 7) is 5.02. The molecule has 11 heteroatoms. The molecule has 36 heavy (non-hydrogen) atoms. The zero-order valence-electron chi connectivity index (χ0n) is 21.0. The Morgan fingerprint density at radius 2 is 1.53 bits per heavy atom. The number of sulfonamides is 1. The summed E-state index contributed by atoms with van der Waals surface area (Å²) in [5.41, 5.74) is 0.814. The fourth-order valence-corrected chi connectivity index (χ4v) is 6.47. The Labute approximate surface area is 214 Å². The molecule has 0 aromatic heterocycles. The predicted molar refractivity (Wildman–Crippen MR) is 139 cm³/mol. The number of benzene rings is 2. The van der Waals surface area contributed by atoms with Gasteiger partial charge in [0.1, 0.15) is 15.6 Å². The number of sulfone groups is 1. The van der Waals surface area contributed by atoms with Crippen LogP contribution in [0.25, 0.3) is 0 Å². The maximum absolute atomic E-state index is 13.4. The van der Waals surface area contributed by atoms with E-state index >= 15 is 0 Å². The van der Waals surface area contributed by atoms with E-state index in [0.717, 1.165) is 11.8 Å². The van der Waals surface area contributed by atoms with Crippen molar-refractivity contribution in [3.63, 3.8) is 0 Å². The van der Waals surface area contributed by atoms with E-state index in [0.29, 0.717) is 0 Å². The topological polar surface area (TPSA) is 141 Å². The van der Waals surface area contributed by atoms with Crippen molar-refractivity contribution in [3.8, 4) is 5.75 Å². The Kier molecular flexibility index (Phi) is 10.5. The first-order valence-corrected chi connectivity index (χ1v) is 15.2. The Hall–Kier alpha value is -2.47. The van der Waals surface area contributed by atoms with Crippen molar-refractivity contribution >= 4 is 25.8 Å². The van der Waals surface area contributed by atoms with E-state index in [4.69, 9.17) is 0 Å². The summed E-state index contributed by atoms with van der Waals surface area (Å²) in [5, 5.41) is 23.5. The van der Waals surface area contributed by atoms with Crippen LogP contribution in [0.2, 0.25) is 0 Å². The molecule has 0 aliphatic heterocycles. The van der Waals surface area contributed by atoms with E-state index in [1.807, 2.05) is 44.2 Å². The molecular formula is C25H36N2O7S2. The van der Waals surface area contributed by atoms with Gasteiger partial charge in [0.2, 0.25) is 15.9 Å². The Balaban J connectivity index is 2.33. The van der Waals surface area contributed by atoms with E-state index in [-0.39, 0.29) is 41.8 Å². The average Bonchev–Trinajstić information content (AvgIpc) is 2.77. The quantitative estimate of drug-likeness (QED) is 0.352. The summed E-state index contributed by atoms with van der Waals surface area (Å²) in [5.74, 6) is -1.86. The normalized spacial score (nSPS) is 15.0. The number of nitrogens with one attached hydrogen (secondary N) is 1. The smallest absolute Gasteiger partial charge is 0.243 e. The second-order valence-corrected chi connectivity index (χ2v) is 13.7. The van der Waals surface area contributed by atoms with Gasteiger partial charge in [-0.25, -0.2) is 16.8 Å². The number of aliphatic hydroxyl groups is 1. The number of hydrogen-bond acceptors (Lipinski definition) is 7. The standard InChI is InChI=1S/C25H36N2O7S2/c1-18(2)15-27(36(33,34)22-12-10-21(28)11-13-22)16-24(29)23(14-20-8-6-5-7-9-20)26-25(30)19(3)17-35(4,31)32/h5-13,18-19,23-24,28-29H,14-17H2,1-4H3,(H,26,30)/t19-,23+,24-/m1/s1. The number of nitrogens with zero attached hydrogens (tertiary/aromatic N) is 1. The first kappa shape index (κ1) is 29.8. The molecule has 0 aliphatic carbocycles. The molecule has 3 atom stereocenters. The summed E-state index contributed by atoms with van der Waals surface area (Å²) in [6, 6.07) is 13.4. The van der Waals surface area contributed by atoms with Crippen LogP contribution in [-0.2, 0) is 31.1 Å². The van der Waals surface area contributed by atoms with Gasteiger partial charge >= 0.3 is 0 Å². The number of aromatic hydroxyl groups is 1. The Morgan fingerprint density at radius 3 is 2.06 bits per heavy atom. The van der Waals surface area contributed by atoms with Crippen LogP contribution in [0, 0.1) is 11.8 Å². The minimum absolute atomic E-state index is 0.0291. The van der Waals surface area contributed by atoms with E-state index in [1.54, 1.807) is 0 Å². The third-order valence-corrected chi connectivity index (χ3v) is 8.48. The first-order valence-electron chi connectivity index (χ1n) is 11.7. The lowest BCUT2D eigenvalue weighted by molar-refractivity contribution is -0.125. The molecule has 9 nitrogen and oxygen atoms in total. The van der Waals surface area contributed by atoms with Crippen LogP contribution in [0.1, 0.15) is 26.3 Å². The van der Waals surface area contributed by atoms with Gasteiger partial charge in [-0.05, 0) is 42.2 Å². The number of hydrogen-bond donors (Lipinski definition) is 3. The van der Waals surface area contributed by atoms with Gasteiger partial charge in [0.05, 0.1) is 22.8 Å². The van der Waals surface area contributed by atoms with E-state index in [1.165, 1.54) is 35.5 Å². The highest BCUT2D eigenvalue weighted by Gasteiger charge is 2.32. The van der Waals surface area contributed by atoms with Gasteiger partial charge in [-0.15, -0.1) is 0 Å². The molecule has 3 N–H and O–H groups in total. The molecule has 0 saturated heterocycles. The zero-order chi connectivity index (χ0) is 27.1. The maximum Gasteiger partial charge on any atom is 0.243 e. The van der Waals surface area contributed by atoms with E-state index in [9.17, 15) is 31.8 Å². The summed E-state index contributed by atoms with van der Waals surface area (Å²) >= 11 is 0. The van der Waals surface area contributed by atoms with Gasteiger partial charge in [-0.1, -0.05) is 51.1 Å². The molecular weight excluding hydrogens is 504 g/mol. The molecule has 0 fully saturated rings. The summed E-state index contributed by atoms with van der Waals surface area (Å²) in [6.07, 6.45) is -0.0238. The number of carbonyl (C=O) groups excluding carboxylic acids is 1. The number of amides is 1. The van der Waals surface area contributed by atoms with Gasteiger partial charge in [-0.2, -0.15) is 4.31 Å². The van der Waals surface area contributed by atoms with Crippen LogP contribution in [0.15, 0.2) is 59.5 Å². The predicted octanol–water partition coefficient (Wildman–Crippen LogP) is 1.81. The molecule has 2 rings (SSSR count). The van der Waals surface area contributed by atoms with Crippen LogP contribution in [0.3, 0.4) is 0 Å². The molecule has 0 radical (unpaired) electrons. The Morgan fingerprint density at radius 1 is 0.944 bits per heavy atom. The molecule has 0 aliphatic rings. The van der Waals surface area contributed by atoms with E-state index < -0.39 is 43.8 Å². The summed E-state index contributed by atoms with van der Waals surface area (Å²) in [4.78, 5) is 12.8.